The van der Waals surface area contributed by atoms with Gasteiger partial charge in [-0.3, -0.25) is 9.59 Å². The molecule has 1 aromatic carbocycles. The van der Waals surface area contributed by atoms with Crippen molar-refractivity contribution < 1.29 is 24.2 Å². The number of carbonyl (C=O) groups excluding carboxylic acids is 2. The monoisotopic (exact) mass is 350 g/mol. The molecule has 138 valence electrons. The fraction of sp³-hybridized carbons (Fsp3) is 0.500. The molecule has 0 aliphatic rings. The van der Waals surface area contributed by atoms with Gasteiger partial charge in [0.05, 0.1) is 7.11 Å². The quantitative estimate of drug-likeness (QED) is 0.624. The van der Waals surface area contributed by atoms with E-state index < -0.39 is 24.0 Å². The van der Waals surface area contributed by atoms with Crippen molar-refractivity contribution in [1.82, 2.24) is 10.6 Å². The molecule has 0 unspecified atom stereocenters. The third-order valence-corrected chi connectivity index (χ3v) is 3.61. The first-order valence-electron chi connectivity index (χ1n) is 8.16. The van der Waals surface area contributed by atoms with Crippen LogP contribution in [0.1, 0.15) is 32.8 Å². The van der Waals surface area contributed by atoms with E-state index in [4.69, 9.17) is 4.74 Å². The highest BCUT2D eigenvalue weighted by Gasteiger charge is 2.26. The van der Waals surface area contributed by atoms with Gasteiger partial charge in [-0.15, -0.1) is 0 Å². The summed E-state index contributed by atoms with van der Waals surface area (Å²) in [7, 11) is 1.55. The van der Waals surface area contributed by atoms with E-state index in [1.165, 1.54) is 6.92 Å². The molecule has 0 saturated heterocycles. The van der Waals surface area contributed by atoms with Crippen molar-refractivity contribution in [3.63, 3.8) is 0 Å². The third-order valence-electron chi connectivity index (χ3n) is 3.61. The van der Waals surface area contributed by atoms with Crippen LogP contribution in [0.4, 0.5) is 0 Å². The number of methoxy groups -OCH3 is 1. The zero-order valence-corrected chi connectivity index (χ0v) is 15.0. The van der Waals surface area contributed by atoms with Gasteiger partial charge in [-0.05, 0) is 30.0 Å². The van der Waals surface area contributed by atoms with Gasteiger partial charge in [-0.2, -0.15) is 0 Å². The second-order valence-corrected chi connectivity index (χ2v) is 6.33. The van der Waals surface area contributed by atoms with Gasteiger partial charge in [0.2, 0.25) is 11.8 Å². The lowest BCUT2D eigenvalue weighted by atomic mass is 10.0. The summed E-state index contributed by atoms with van der Waals surface area (Å²) in [6.07, 6.45) is 0.569. The Hall–Kier alpha value is -2.57. The van der Waals surface area contributed by atoms with E-state index in [0.717, 1.165) is 5.56 Å². The van der Waals surface area contributed by atoms with E-state index in [1.54, 1.807) is 31.4 Å². The Morgan fingerprint density at radius 3 is 2.12 bits per heavy atom. The van der Waals surface area contributed by atoms with E-state index in [9.17, 15) is 19.5 Å². The first kappa shape index (κ1) is 20.5. The first-order chi connectivity index (χ1) is 11.7. The Labute approximate surface area is 147 Å². The maximum Gasteiger partial charge on any atom is 0.326 e. The number of rotatable bonds is 9. The molecule has 1 rings (SSSR count). The molecule has 2 atom stereocenters. The summed E-state index contributed by atoms with van der Waals surface area (Å²) in [5.74, 6) is -1.11. The molecule has 0 saturated carbocycles. The van der Waals surface area contributed by atoms with Crippen LogP contribution in [-0.4, -0.2) is 42.1 Å². The smallest absolute Gasteiger partial charge is 0.326 e. The van der Waals surface area contributed by atoms with Gasteiger partial charge >= 0.3 is 5.97 Å². The lowest BCUT2D eigenvalue weighted by Gasteiger charge is -2.22. The number of carboxylic acids is 1. The number of nitrogens with one attached hydrogen (secondary N) is 2. The van der Waals surface area contributed by atoms with Gasteiger partial charge in [-0.1, -0.05) is 26.0 Å². The van der Waals surface area contributed by atoms with Gasteiger partial charge in [0.1, 0.15) is 17.8 Å². The number of carboxylic acid groups (broad SMARTS) is 1. The highest BCUT2D eigenvalue weighted by molar-refractivity contribution is 5.90. The first-order valence-corrected chi connectivity index (χ1v) is 8.16. The standard InChI is InChI=1S/C18H26N2O5/c1-11(2)9-15(19-12(3)21)17(22)20-16(18(23)24)10-13-5-7-14(25-4)8-6-13/h5-8,11,15-16H,9-10H2,1-4H3,(H,19,21)(H,20,22)(H,23,24)/t15-,16-/m0/s1. The molecule has 0 aliphatic carbocycles. The highest BCUT2D eigenvalue weighted by Crippen LogP contribution is 2.13. The van der Waals surface area contributed by atoms with E-state index >= 15 is 0 Å². The van der Waals surface area contributed by atoms with Gasteiger partial charge in [-0.25, -0.2) is 4.79 Å². The van der Waals surface area contributed by atoms with Crippen LogP contribution in [0.15, 0.2) is 24.3 Å². The van der Waals surface area contributed by atoms with Crippen LogP contribution in [-0.2, 0) is 20.8 Å². The van der Waals surface area contributed by atoms with Gasteiger partial charge in [0.25, 0.3) is 0 Å². The lowest BCUT2D eigenvalue weighted by molar-refractivity contribution is -0.142. The molecule has 0 aliphatic heterocycles. The topological polar surface area (TPSA) is 105 Å². The molecule has 0 fully saturated rings. The number of amides is 2. The fourth-order valence-electron chi connectivity index (χ4n) is 2.42. The van der Waals surface area contributed by atoms with Crippen LogP contribution in [0.3, 0.4) is 0 Å². The Morgan fingerprint density at radius 1 is 1.08 bits per heavy atom. The van der Waals surface area contributed by atoms with Crippen molar-refractivity contribution in [3.8, 4) is 5.75 Å². The number of hydrogen-bond donors (Lipinski definition) is 3. The summed E-state index contributed by atoms with van der Waals surface area (Å²) in [6.45, 7) is 5.18. The van der Waals surface area contributed by atoms with Gasteiger partial charge < -0.3 is 20.5 Å². The van der Waals surface area contributed by atoms with Crippen molar-refractivity contribution in [1.29, 1.82) is 0 Å². The highest BCUT2D eigenvalue weighted by atomic mass is 16.5. The average molecular weight is 350 g/mol. The van der Waals surface area contributed by atoms with Crippen LogP contribution < -0.4 is 15.4 Å². The summed E-state index contributed by atoms with van der Waals surface area (Å²) in [4.78, 5) is 35.2. The van der Waals surface area contributed by atoms with Crippen LogP contribution in [0.5, 0.6) is 5.75 Å². The van der Waals surface area contributed by atoms with Crippen LogP contribution in [0.2, 0.25) is 0 Å². The minimum Gasteiger partial charge on any atom is -0.497 e. The SMILES string of the molecule is COc1ccc(C[C@H](NC(=O)[C@H](CC(C)C)NC(C)=O)C(=O)O)cc1. The van der Waals surface area contributed by atoms with Crippen molar-refractivity contribution in [2.75, 3.05) is 7.11 Å². The molecule has 0 aromatic heterocycles. The minimum absolute atomic E-state index is 0.138. The molecule has 0 bridgehead atoms. The van der Waals surface area contributed by atoms with Gasteiger partial charge in [0.15, 0.2) is 0 Å². The van der Waals surface area contributed by atoms with Crippen LogP contribution in [0.25, 0.3) is 0 Å². The second kappa shape index (κ2) is 9.66. The lowest BCUT2D eigenvalue weighted by Crippen LogP contribution is -2.52. The summed E-state index contributed by atoms with van der Waals surface area (Å²) < 4.78 is 5.07. The molecule has 7 nitrogen and oxygen atoms in total. The summed E-state index contributed by atoms with van der Waals surface area (Å²) in [5, 5.41) is 14.5. The number of ether oxygens (including phenoxy) is 1. The third kappa shape index (κ3) is 7.24. The fourth-order valence-corrected chi connectivity index (χ4v) is 2.42. The summed E-state index contributed by atoms with van der Waals surface area (Å²) in [6, 6.07) is 5.13. The summed E-state index contributed by atoms with van der Waals surface area (Å²) in [5.41, 5.74) is 0.758. The Morgan fingerprint density at radius 2 is 1.68 bits per heavy atom. The average Bonchev–Trinajstić information content (AvgIpc) is 2.53. The zero-order chi connectivity index (χ0) is 19.0. The van der Waals surface area contributed by atoms with Crippen molar-refractivity contribution in [2.24, 2.45) is 5.92 Å². The molecule has 25 heavy (non-hydrogen) atoms. The molecular formula is C18H26N2O5. The molecule has 7 heteroatoms. The molecule has 0 spiro atoms. The Kier molecular flexibility index (Phi) is 7.91. The van der Waals surface area contributed by atoms with Crippen molar-refractivity contribution in [3.05, 3.63) is 29.8 Å². The Bertz CT molecular complexity index is 598. The minimum atomic E-state index is -1.13. The molecule has 0 radical (unpaired) electrons. The molecule has 3 N–H and O–H groups in total. The van der Waals surface area contributed by atoms with Crippen LogP contribution in [0, 0.1) is 5.92 Å². The predicted molar refractivity (Wildman–Crippen MR) is 93.3 cm³/mol. The maximum atomic E-state index is 12.4. The van der Waals surface area contributed by atoms with Crippen LogP contribution >= 0.6 is 0 Å². The predicted octanol–water partition coefficient (Wildman–Crippen LogP) is 1.36. The largest absolute Gasteiger partial charge is 0.497 e. The summed E-state index contributed by atoms with van der Waals surface area (Å²) >= 11 is 0. The molecular weight excluding hydrogens is 324 g/mol. The van der Waals surface area contributed by atoms with E-state index in [2.05, 4.69) is 10.6 Å². The van der Waals surface area contributed by atoms with E-state index in [1.807, 2.05) is 13.8 Å². The maximum absolute atomic E-state index is 12.4. The van der Waals surface area contributed by atoms with Gasteiger partial charge in [0, 0.05) is 13.3 Å². The number of benzene rings is 1. The molecule has 0 heterocycles. The van der Waals surface area contributed by atoms with E-state index in [-0.39, 0.29) is 18.2 Å². The molecule has 2 amide bonds. The number of carbonyl (C=O) groups is 3. The van der Waals surface area contributed by atoms with Crippen molar-refractivity contribution in [2.45, 2.75) is 45.7 Å². The normalized spacial score (nSPS) is 13.0. The molecule has 1 aromatic rings. The second-order valence-electron chi connectivity index (χ2n) is 6.33. The van der Waals surface area contributed by atoms with Crippen molar-refractivity contribution >= 4 is 17.8 Å². The van der Waals surface area contributed by atoms with E-state index in [0.29, 0.717) is 12.2 Å². The number of aliphatic carboxylic acids is 1. The Balaban J connectivity index is 2.81. The number of hydrogen-bond acceptors (Lipinski definition) is 4. The zero-order valence-electron chi connectivity index (χ0n) is 15.0.